The second-order valence-electron chi connectivity index (χ2n) is 6.10. The van der Waals surface area contributed by atoms with Gasteiger partial charge in [0.25, 0.3) is 0 Å². The standard InChI is InChI=1S/C17H17N5OS/c1-11-13(10-18)16(24-20-11)21-8-6-12(7-9-21)22-15-5-3-2-4-14(15)19-17(22)23/h2-5,12H,6-9H2,1H3,(H,19,23). The minimum Gasteiger partial charge on any atom is -0.361 e. The van der Waals surface area contributed by atoms with Gasteiger partial charge in [-0.15, -0.1) is 0 Å². The molecule has 0 saturated carbocycles. The summed E-state index contributed by atoms with van der Waals surface area (Å²) in [6.07, 6.45) is 1.76. The number of anilines is 1. The molecule has 0 atom stereocenters. The maximum Gasteiger partial charge on any atom is 0.326 e. The van der Waals surface area contributed by atoms with Gasteiger partial charge in [0, 0.05) is 19.1 Å². The lowest BCUT2D eigenvalue weighted by molar-refractivity contribution is 0.397. The zero-order valence-corrected chi connectivity index (χ0v) is 14.1. The Morgan fingerprint density at radius 2 is 2.08 bits per heavy atom. The van der Waals surface area contributed by atoms with Crippen molar-refractivity contribution in [3.63, 3.8) is 0 Å². The number of H-pyrrole nitrogens is 1. The number of hydrogen-bond acceptors (Lipinski definition) is 5. The summed E-state index contributed by atoms with van der Waals surface area (Å²) in [5.74, 6) is 0. The molecular weight excluding hydrogens is 322 g/mol. The molecule has 0 aliphatic carbocycles. The Labute approximate surface area is 143 Å². The number of piperidine rings is 1. The number of rotatable bonds is 2. The van der Waals surface area contributed by atoms with Gasteiger partial charge >= 0.3 is 5.69 Å². The van der Waals surface area contributed by atoms with E-state index >= 15 is 0 Å². The predicted molar refractivity (Wildman–Crippen MR) is 94.6 cm³/mol. The first-order valence-corrected chi connectivity index (χ1v) is 8.77. The molecule has 0 spiro atoms. The van der Waals surface area contributed by atoms with Gasteiger partial charge in [-0.2, -0.15) is 9.64 Å². The fourth-order valence-electron chi connectivity index (χ4n) is 3.47. The van der Waals surface area contributed by atoms with E-state index in [0.29, 0.717) is 5.56 Å². The number of imidazole rings is 1. The molecule has 3 aromatic rings. The lowest BCUT2D eigenvalue weighted by Gasteiger charge is -2.33. The van der Waals surface area contributed by atoms with E-state index in [9.17, 15) is 10.1 Å². The third-order valence-electron chi connectivity index (χ3n) is 4.70. The molecule has 6 nitrogen and oxygen atoms in total. The Hall–Kier alpha value is -2.59. The van der Waals surface area contributed by atoms with Gasteiger partial charge < -0.3 is 9.88 Å². The third kappa shape index (κ3) is 2.31. The van der Waals surface area contributed by atoms with Gasteiger partial charge in [0.1, 0.15) is 16.6 Å². The molecule has 2 aromatic heterocycles. The van der Waals surface area contributed by atoms with E-state index < -0.39 is 0 Å². The van der Waals surface area contributed by atoms with E-state index in [-0.39, 0.29) is 11.7 Å². The number of hydrogen-bond donors (Lipinski definition) is 1. The van der Waals surface area contributed by atoms with E-state index in [0.717, 1.165) is 47.7 Å². The highest BCUT2D eigenvalue weighted by molar-refractivity contribution is 7.10. The van der Waals surface area contributed by atoms with Crippen molar-refractivity contribution >= 4 is 27.6 Å². The van der Waals surface area contributed by atoms with Crippen LogP contribution in [-0.4, -0.2) is 27.0 Å². The average Bonchev–Trinajstić information content (AvgIpc) is 3.14. The van der Waals surface area contributed by atoms with Crippen LogP contribution in [0.5, 0.6) is 0 Å². The normalized spacial score (nSPS) is 15.8. The van der Waals surface area contributed by atoms with Crippen LogP contribution in [0, 0.1) is 18.3 Å². The molecule has 122 valence electrons. The number of aryl methyl sites for hydroxylation is 1. The molecule has 1 aromatic carbocycles. The molecule has 0 bridgehead atoms. The zero-order valence-electron chi connectivity index (χ0n) is 13.3. The van der Waals surface area contributed by atoms with Crippen molar-refractivity contribution in [3.05, 3.63) is 46.0 Å². The molecule has 1 fully saturated rings. The smallest absolute Gasteiger partial charge is 0.326 e. The molecule has 1 saturated heterocycles. The Morgan fingerprint density at radius 1 is 1.33 bits per heavy atom. The fourth-order valence-corrected chi connectivity index (χ4v) is 4.36. The molecule has 0 amide bonds. The number of aromatic nitrogens is 3. The Bertz CT molecular complexity index is 984. The maximum absolute atomic E-state index is 12.3. The van der Waals surface area contributed by atoms with Crippen molar-refractivity contribution in [2.24, 2.45) is 0 Å². The summed E-state index contributed by atoms with van der Waals surface area (Å²) < 4.78 is 6.19. The van der Waals surface area contributed by atoms with Crippen LogP contribution in [0.15, 0.2) is 29.1 Å². The van der Waals surface area contributed by atoms with Crippen molar-refractivity contribution in [2.45, 2.75) is 25.8 Å². The molecule has 1 aliphatic heterocycles. The highest BCUT2D eigenvalue weighted by Gasteiger charge is 2.26. The number of aromatic amines is 1. The molecule has 0 unspecified atom stereocenters. The van der Waals surface area contributed by atoms with E-state index in [2.05, 4.69) is 20.3 Å². The summed E-state index contributed by atoms with van der Waals surface area (Å²) in [5.41, 5.74) is 3.29. The largest absolute Gasteiger partial charge is 0.361 e. The van der Waals surface area contributed by atoms with Crippen LogP contribution in [0.2, 0.25) is 0 Å². The predicted octanol–water partition coefficient (Wildman–Crippen LogP) is 2.81. The molecule has 1 N–H and O–H groups in total. The van der Waals surface area contributed by atoms with Crippen LogP contribution in [0.3, 0.4) is 0 Å². The van der Waals surface area contributed by atoms with Crippen LogP contribution in [-0.2, 0) is 0 Å². The second kappa shape index (κ2) is 5.80. The van der Waals surface area contributed by atoms with Crippen molar-refractivity contribution in [2.75, 3.05) is 18.0 Å². The highest BCUT2D eigenvalue weighted by atomic mass is 32.1. The molecule has 0 radical (unpaired) electrons. The molecule has 7 heteroatoms. The number of benzene rings is 1. The van der Waals surface area contributed by atoms with Crippen LogP contribution in [0.4, 0.5) is 5.00 Å². The first-order chi connectivity index (χ1) is 11.7. The lowest BCUT2D eigenvalue weighted by Crippen LogP contribution is -2.36. The third-order valence-corrected chi connectivity index (χ3v) is 5.70. The van der Waals surface area contributed by atoms with E-state index in [1.54, 1.807) is 0 Å². The summed E-state index contributed by atoms with van der Waals surface area (Å²) >= 11 is 1.39. The van der Waals surface area contributed by atoms with Crippen molar-refractivity contribution in [3.8, 4) is 6.07 Å². The monoisotopic (exact) mass is 339 g/mol. The lowest BCUT2D eigenvalue weighted by atomic mass is 10.0. The van der Waals surface area contributed by atoms with Gasteiger partial charge in [-0.3, -0.25) is 4.57 Å². The second-order valence-corrected chi connectivity index (χ2v) is 6.85. The average molecular weight is 339 g/mol. The number of fused-ring (bicyclic) bond motifs is 1. The Balaban J connectivity index is 1.59. The van der Waals surface area contributed by atoms with Gasteiger partial charge in [-0.25, -0.2) is 4.79 Å². The van der Waals surface area contributed by atoms with Crippen molar-refractivity contribution < 1.29 is 0 Å². The molecule has 1 aliphatic rings. The van der Waals surface area contributed by atoms with Crippen molar-refractivity contribution in [1.82, 2.24) is 13.9 Å². The van der Waals surface area contributed by atoms with Gasteiger partial charge in [-0.1, -0.05) is 12.1 Å². The molecular formula is C17H17N5OS. The summed E-state index contributed by atoms with van der Waals surface area (Å²) in [5, 5.41) is 10.3. The van der Waals surface area contributed by atoms with Crippen molar-refractivity contribution in [1.29, 1.82) is 5.26 Å². The van der Waals surface area contributed by atoms with E-state index in [1.165, 1.54) is 11.5 Å². The van der Waals surface area contributed by atoms with E-state index in [1.807, 2.05) is 35.8 Å². The number of nitriles is 1. The molecule has 4 rings (SSSR count). The number of nitrogens with zero attached hydrogens (tertiary/aromatic N) is 4. The summed E-state index contributed by atoms with van der Waals surface area (Å²) in [4.78, 5) is 17.5. The quantitative estimate of drug-likeness (QED) is 0.779. The summed E-state index contributed by atoms with van der Waals surface area (Å²) in [6.45, 7) is 3.52. The van der Waals surface area contributed by atoms with Gasteiger partial charge in [0.05, 0.1) is 16.7 Å². The van der Waals surface area contributed by atoms with Gasteiger partial charge in [0.2, 0.25) is 0 Å². The highest BCUT2D eigenvalue weighted by Crippen LogP contribution is 2.33. The van der Waals surface area contributed by atoms with Crippen LogP contribution >= 0.6 is 11.5 Å². The summed E-state index contributed by atoms with van der Waals surface area (Å²) in [6, 6.07) is 10.3. The van der Waals surface area contributed by atoms with Crippen LogP contribution < -0.4 is 10.6 Å². The van der Waals surface area contributed by atoms with Crippen LogP contribution in [0.25, 0.3) is 11.0 Å². The van der Waals surface area contributed by atoms with Gasteiger partial charge in [0.15, 0.2) is 0 Å². The number of nitrogens with one attached hydrogen (secondary N) is 1. The Kier molecular flexibility index (Phi) is 3.62. The molecule has 3 heterocycles. The minimum atomic E-state index is -0.0407. The topological polar surface area (TPSA) is 77.7 Å². The zero-order chi connectivity index (χ0) is 16.7. The van der Waals surface area contributed by atoms with Crippen LogP contribution in [0.1, 0.15) is 30.1 Å². The SMILES string of the molecule is Cc1nsc(N2CCC(n3c(=O)[nH]c4ccccc43)CC2)c1C#N. The first-order valence-electron chi connectivity index (χ1n) is 7.99. The van der Waals surface area contributed by atoms with Gasteiger partial charge in [-0.05, 0) is 43.4 Å². The maximum atomic E-state index is 12.3. The fraction of sp³-hybridized carbons (Fsp3) is 0.353. The number of para-hydroxylation sites is 2. The van der Waals surface area contributed by atoms with E-state index in [4.69, 9.17) is 0 Å². The minimum absolute atomic E-state index is 0.0407. The molecule has 24 heavy (non-hydrogen) atoms. The first kappa shape index (κ1) is 15.0. The Morgan fingerprint density at radius 3 is 2.83 bits per heavy atom. The summed E-state index contributed by atoms with van der Waals surface area (Å²) in [7, 11) is 0.